The van der Waals surface area contributed by atoms with Crippen molar-refractivity contribution in [2.24, 2.45) is 0 Å². The minimum absolute atomic E-state index is 0.00896. The number of hydrogen-bond acceptors (Lipinski definition) is 9. The Morgan fingerprint density at radius 2 is 2.06 bits per heavy atom. The topological polar surface area (TPSA) is 189 Å². The van der Waals surface area contributed by atoms with Crippen LogP contribution < -0.4 is 5.32 Å². The van der Waals surface area contributed by atoms with E-state index in [1.165, 1.54) is 10.9 Å². The molecular formula is C17H25ClN5O8P. The average molecular weight is 494 g/mol. The van der Waals surface area contributed by atoms with Crippen LogP contribution in [0.3, 0.4) is 0 Å². The first-order valence-corrected chi connectivity index (χ1v) is 12.2. The lowest BCUT2D eigenvalue weighted by molar-refractivity contribution is -0.0355. The molecule has 1 saturated heterocycles. The van der Waals surface area contributed by atoms with Gasteiger partial charge in [0.15, 0.2) is 23.2 Å². The van der Waals surface area contributed by atoms with E-state index in [-0.39, 0.29) is 35.3 Å². The molecule has 0 saturated carbocycles. The van der Waals surface area contributed by atoms with Gasteiger partial charge in [-0.1, -0.05) is 19.8 Å². The number of imidazole rings is 1. The van der Waals surface area contributed by atoms with Gasteiger partial charge >= 0.3 is 13.7 Å². The fourth-order valence-electron chi connectivity index (χ4n) is 3.31. The van der Waals surface area contributed by atoms with Crippen molar-refractivity contribution >= 4 is 42.3 Å². The molecule has 32 heavy (non-hydrogen) atoms. The second-order valence-electron chi connectivity index (χ2n) is 7.36. The Kier molecular flexibility index (Phi) is 8.04. The molecule has 2 aromatic rings. The highest BCUT2D eigenvalue weighted by Crippen LogP contribution is 2.39. The SMILES string of the molecule is CCCCCOC(=O)Nc1nc(Cl)nc2c1ncn2C1OC(CCP(=O)(O)O)C(O)C1O. The van der Waals surface area contributed by atoms with E-state index in [0.29, 0.717) is 0 Å². The Morgan fingerprint density at radius 3 is 2.75 bits per heavy atom. The van der Waals surface area contributed by atoms with Gasteiger partial charge < -0.3 is 29.5 Å². The highest BCUT2D eigenvalue weighted by molar-refractivity contribution is 7.51. The number of aliphatic hydroxyl groups is 2. The van der Waals surface area contributed by atoms with Gasteiger partial charge in [0, 0.05) is 0 Å². The summed E-state index contributed by atoms with van der Waals surface area (Å²) in [6.45, 7) is 2.27. The summed E-state index contributed by atoms with van der Waals surface area (Å²) in [7, 11) is -4.30. The zero-order valence-electron chi connectivity index (χ0n) is 17.2. The lowest BCUT2D eigenvalue weighted by atomic mass is 10.1. The number of fused-ring (bicyclic) bond motifs is 1. The smallest absolute Gasteiger partial charge is 0.412 e. The van der Waals surface area contributed by atoms with Gasteiger partial charge in [0.1, 0.15) is 12.2 Å². The van der Waals surface area contributed by atoms with Crippen molar-refractivity contribution in [2.75, 3.05) is 18.1 Å². The maximum atomic E-state index is 12.1. The first-order valence-electron chi connectivity index (χ1n) is 10.0. The second kappa shape index (κ2) is 10.4. The minimum atomic E-state index is -4.30. The standard InChI is InChI=1S/C17H25ClN5O8P/c1-2-3-4-6-30-17(26)21-13-10-14(22-16(18)20-13)23(8-19-10)15-12(25)11(24)9(31-15)5-7-32(27,28)29/h8-9,11-12,15,24-25H,2-7H2,1H3,(H2,27,28,29)(H,20,21,22,26). The number of hydrogen-bond donors (Lipinski definition) is 5. The van der Waals surface area contributed by atoms with E-state index in [1.54, 1.807) is 0 Å². The molecule has 0 bridgehead atoms. The zero-order chi connectivity index (χ0) is 23.5. The predicted octanol–water partition coefficient (Wildman–Crippen LogP) is 1.41. The third kappa shape index (κ3) is 5.93. The molecule has 0 spiro atoms. The van der Waals surface area contributed by atoms with Crippen molar-refractivity contribution in [3.05, 3.63) is 11.6 Å². The normalized spacial score (nSPS) is 23.6. The fourth-order valence-corrected chi connectivity index (χ4v) is 4.06. The number of carbonyl (C=O) groups is 1. The molecule has 1 fully saturated rings. The number of unbranched alkanes of at least 4 members (excludes halogenated alkanes) is 2. The van der Waals surface area contributed by atoms with Crippen LogP contribution in [-0.4, -0.2) is 76.7 Å². The molecule has 2 aromatic heterocycles. The van der Waals surface area contributed by atoms with Crippen LogP contribution in [0, 0.1) is 0 Å². The second-order valence-corrected chi connectivity index (χ2v) is 9.47. The third-order valence-electron chi connectivity index (χ3n) is 4.91. The van der Waals surface area contributed by atoms with Crippen LogP contribution in [0.2, 0.25) is 5.28 Å². The lowest BCUT2D eigenvalue weighted by Crippen LogP contribution is -2.31. The maximum absolute atomic E-state index is 12.1. The van der Waals surface area contributed by atoms with Crippen molar-refractivity contribution in [1.29, 1.82) is 0 Å². The molecule has 0 aliphatic carbocycles. The summed E-state index contributed by atoms with van der Waals surface area (Å²) in [5.74, 6) is -0.00896. The van der Waals surface area contributed by atoms with E-state index < -0.39 is 44.4 Å². The summed E-state index contributed by atoms with van der Waals surface area (Å²) in [6.07, 6.45) is -2.53. The first-order chi connectivity index (χ1) is 15.1. The molecule has 1 aliphatic rings. The van der Waals surface area contributed by atoms with E-state index in [9.17, 15) is 19.6 Å². The van der Waals surface area contributed by atoms with Crippen molar-refractivity contribution in [3.8, 4) is 0 Å². The summed E-state index contributed by atoms with van der Waals surface area (Å²) < 4.78 is 23.2. The highest BCUT2D eigenvalue weighted by Gasteiger charge is 2.44. The Hall–Kier alpha value is -1.86. The Balaban J connectivity index is 1.79. The molecule has 1 amide bonds. The van der Waals surface area contributed by atoms with E-state index in [2.05, 4.69) is 20.3 Å². The van der Waals surface area contributed by atoms with E-state index in [0.717, 1.165) is 19.3 Å². The van der Waals surface area contributed by atoms with Gasteiger partial charge in [0.05, 0.1) is 25.2 Å². The molecule has 1 aliphatic heterocycles. The van der Waals surface area contributed by atoms with Crippen LogP contribution in [0.1, 0.15) is 38.8 Å². The van der Waals surface area contributed by atoms with Crippen LogP contribution >= 0.6 is 19.2 Å². The third-order valence-corrected chi connectivity index (χ3v) is 5.92. The number of nitrogens with one attached hydrogen (secondary N) is 1. The summed E-state index contributed by atoms with van der Waals surface area (Å²) in [4.78, 5) is 42.3. The molecule has 4 unspecified atom stereocenters. The highest BCUT2D eigenvalue weighted by atomic mass is 35.5. The van der Waals surface area contributed by atoms with Crippen molar-refractivity contribution in [3.63, 3.8) is 0 Å². The molecule has 0 aromatic carbocycles. The number of nitrogens with zero attached hydrogens (tertiary/aromatic N) is 4. The van der Waals surface area contributed by atoms with E-state index >= 15 is 0 Å². The number of amides is 1. The molecule has 3 rings (SSSR count). The molecule has 13 nitrogen and oxygen atoms in total. The summed E-state index contributed by atoms with van der Waals surface area (Å²) in [5.41, 5.74) is 0.252. The van der Waals surface area contributed by atoms with Gasteiger partial charge in [0.25, 0.3) is 0 Å². The molecule has 178 valence electrons. The van der Waals surface area contributed by atoms with Crippen LogP contribution in [0.5, 0.6) is 0 Å². The quantitative estimate of drug-likeness (QED) is 0.193. The van der Waals surface area contributed by atoms with Crippen molar-refractivity contribution in [2.45, 2.75) is 57.1 Å². The number of aliphatic hydroxyl groups excluding tert-OH is 2. The van der Waals surface area contributed by atoms with Crippen LogP contribution in [-0.2, 0) is 14.0 Å². The summed E-state index contributed by atoms with van der Waals surface area (Å²) in [5, 5.41) is 22.9. The van der Waals surface area contributed by atoms with Crippen molar-refractivity contribution < 1.29 is 38.8 Å². The number of halogens is 1. The average Bonchev–Trinajstić information content (AvgIpc) is 3.24. The number of rotatable bonds is 9. The minimum Gasteiger partial charge on any atom is -0.449 e. The predicted molar refractivity (Wildman–Crippen MR) is 112 cm³/mol. The van der Waals surface area contributed by atoms with Gasteiger partial charge in [-0.15, -0.1) is 0 Å². The Bertz CT molecular complexity index is 1000. The van der Waals surface area contributed by atoms with Gasteiger partial charge in [-0.2, -0.15) is 9.97 Å². The lowest BCUT2D eigenvalue weighted by Gasteiger charge is -2.16. The monoisotopic (exact) mass is 493 g/mol. The van der Waals surface area contributed by atoms with Crippen LogP contribution in [0.4, 0.5) is 10.6 Å². The van der Waals surface area contributed by atoms with Gasteiger partial charge in [0.2, 0.25) is 5.28 Å². The van der Waals surface area contributed by atoms with Gasteiger partial charge in [-0.05, 0) is 24.4 Å². The molecule has 15 heteroatoms. The summed E-state index contributed by atoms with van der Waals surface area (Å²) >= 11 is 5.99. The first kappa shape index (κ1) is 24.8. The Labute approximate surface area is 187 Å². The molecule has 4 atom stereocenters. The largest absolute Gasteiger partial charge is 0.449 e. The molecule has 3 heterocycles. The van der Waals surface area contributed by atoms with Crippen molar-refractivity contribution in [1.82, 2.24) is 19.5 Å². The number of aromatic nitrogens is 4. The van der Waals surface area contributed by atoms with Crippen LogP contribution in [0.15, 0.2) is 6.33 Å². The Morgan fingerprint density at radius 1 is 1.31 bits per heavy atom. The van der Waals surface area contributed by atoms with E-state index in [4.69, 9.17) is 30.9 Å². The molecule has 5 N–H and O–H groups in total. The van der Waals surface area contributed by atoms with Gasteiger partial charge in [-0.3, -0.25) is 14.4 Å². The molecule has 0 radical (unpaired) electrons. The fraction of sp³-hybridized carbons (Fsp3) is 0.647. The zero-order valence-corrected chi connectivity index (χ0v) is 18.8. The summed E-state index contributed by atoms with van der Waals surface area (Å²) in [6, 6.07) is 0. The number of ether oxygens (including phenoxy) is 2. The van der Waals surface area contributed by atoms with Gasteiger partial charge in [-0.25, -0.2) is 9.78 Å². The van der Waals surface area contributed by atoms with Crippen LogP contribution in [0.25, 0.3) is 11.2 Å². The number of anilines is 1. The van der Waals surface area contributed by atoms with E-state index in [1.807, 2.05) is 6.92 Å². The molecular weight excluding hydrogens is 469 g/mol. The number of carbonyl (C=O) groups excluding carboxylic acids is 1. The maximum Gasteiger partial charge on any atom is 0.412 e.